The Balaban J connectivity index is 0.000000231. The van der Waals surface area contributed by atoms with Crippen molar-refractivity contribution in [3.05, 3.63) is 125 Å². The molecule has 3 fully saturated rings. The van der Waals surface area contributed by atoms with Gasteiger partial charge in [-0.2, -0.15) is 10.9 Å². The van der Waals surface area contributed by atoms with Gasteiger partial charge in [0.25, 0.3) is 0 Å². The molecule has 0 amide bonds. The van der Waals surface area contributed by atoms with Crippen molar-refractivity contribution in [1.82, 2.24) is 10.9 Å². The summed E-state index contributed by atoms with van der Waals surface area (Å²) in [5, 5.41) is 0. The van der Waals surface area contributed by atoms with Crippen molar-refractivity contribution in [3.63, 3.8) is 0 Å². The molecule has 12 radical (unpaired) electrons. The first-order chi connectivity index (χ1) is 14.4. The molecule has 4 heteroatoms. The Bertz CT molecular complexity index is 496. The fourth-order valence-corrected chi connectivity index (χ4v) is 2.26. The molecule has 0 bridgehead atoms. The van der Waals surface area contributed by atoms with Crippen LogP contribution in [0.3, 0.4) is 0 Å². The van der Waals surface area contributed by atoms with Crippen molar-refractivity contribution >= 4 is 11.4 Å². The third-order valence-electron chi connectivity index (χ3n) is 3.73. The van der Waals surface area contributed by atoms with Gasteiger partial charge in [0, 0.05) is 39.4 Å². The maximum atomic E-state index is 4.94. The minimum Gasteiger partial charge on any atom is -0.381 e. The second-order valence-corrected chi connectivity index (χ2v) is 6.12. The average molecular weight is 476 g/mol. The molecule has 30 heavy (non-hydrogen) atoms. The molecule has 3 aliphatic rings. The summed E-state index contributed by atoms with van der Waals surface area (Å²) >= 11 is 0. The first-order valence-electron chi connectivity index (χ1n) is 9.88. The van der Waals surface area contributed by atoms with E-state index in [-0.39, 0.29) is 26.2 Å². The van der Waals surface area contributed by atoms with E-state index in [1.807, 2.05) is 125 Å². The van der Waals surface area contributed by atoms with Gasteiger partial charge in [0.1, 0.15) is 0 Å². The Morgan fingerprint density at radius 3 is 1.00 bits per heavy atom. The number of hydrogen-bond acceptors (Lipinski definition) is 1. The van der Waals surface area contributed by atoms with Crippen LogP contribution in [-0.2, 0) is 30.9 Å². The number of hydrogen-bond donors (Lipinski definition) is 0. The van der Waals surface area contributed by atoms with Crippen LogP contribution in [0.5, 0.6) is 0 Å². The minimum absolute atomic E-state index is 0. The van der Waals surface area contributed by atoms with Gasteiger partial charge in [0.05, 0.1) is 11.4 Å². The van der Waals surface area contributed by atoms with Crippen LogP contribution in [0, 0.1) is 64.2 Å². The number of rotatable bonds is 3. The Morgan fingerprint density at radius 1 is 0.467 bits per heavy atom. The van der Waals surface area contributed by atoms with Gasteiger partial charge in [-0.25, -0.2) is 0 Å². The van der Waals surface area contributed by atoms with E-state index in [0.717, 1.165) is 24.6 Å². The van der Waals surface area contributed by atoms with Gasteiger partial charge in [-0.15, -0.1) is 0 Å². The zero-order valence-electron chi connectivity index (χ0n) is 17.2. The molecule has 5 rings (SSSR count). The molecule has 2 aromatic carbocycles. The predicted octanol–water partition coefficient (Wildman–Crippen LogP) is 5.61. The molecule has 0 aromatic heterocycles. The maximum absolute atomic E-state index is 4.94. The number of benzene rings is 2. The zero-order valence-corrected chi connectivity index (χ0v) is 19.6. The summed E-state index contributed by atoms with van der Waals surface area (Å²) in [6, 6.07) is 19.4. The monoisotopic (exact) mass is 474 g/mol. The fourth-order valence-electron chi connectivity index (χ4n) is 2.26. The first kappa shape index (κ1) is 26.9. The standard InChI is InChI=1S/C12H10N2.2C5H5.C4H8O.Zr/c1-3-7-11(8-4-1)13-14-12-9-5-2-6-10-12;3*1-2-4-5-3-1;/h1-10H;2*1-5H;1-4H2;. The molecule has 1 aliphatic heterocycles. The van der Waals surface area contributed by atoms with Crippen LogP contribution in [-0.4, -0.2) is 13.2 Å². The van der Waals surface area contributed by atoms with Gasteiger partial charge < -0.3 is 4.74 Å². The molecule has 152 valence electrons. The normalized spacial score (nSPS) is 16.4. The van der Waals surface area contributed by atoms with Gasteiger partial charge in [-0.05, 0) is 101 Å². The molecule has 0 N–H and O–H groups in total. The molecule has 2 aliphatic carbocycles. The topological polar surface area (TPSA) is 37.4 Å². The van der Waals surface area contributed by atoms with Crippen molar-refractivity contribution in [2.24, 2.45) is 0 Å². The average Bonchev–Trinajstić information content (AvgIpc) is 3.61. The Labute approximate surface area is 203 Å². The van der Waals surface area contributed by atoms with E-state index in [1.54, 1.807) is 0 Å². The summed E-state index contributed by atoms with van der Waals surface area (Å²) in [6.45, 7) is 2.00. The summed E-state index contributed by atoms with van der Waals surface area (Å²) < 4.78 is 4.94. The second kappa shape index (κ2) is 19.8. The molecule has 2 aromatic rings. The van der Waals surface area contributed by atoms with Crippen molar-refractivity contribution in [2.45, 2.75) is 12.8 Å². The van der Waals surface area contributed by atoms with E-state index in [1.165, 1.54) is 12.8 Å². The van der Waals surface area contributed by atoms with Crippen LogP contribution in [0.15, 0.2) is 60.7 Å². The van der Waals surface area contributed by atoms with E-state index in [4.69, 9.17) is 4.74 Å². The summed E-state index contributed by atoms with van der Waals surface area (Å²) in [5.41, 5.74) is 9.95. The summed E-state index contributed by atoms with van der Waals surface area (Å²) in [5.74, 6) is 0. The molecule has 1 saturated heterocycles. The van der Waals surface area contributed by atoms with E-state index in [9.17, 15) is 0 Å². The molecule has 2 saturated carbocycles. The number of ether oxygens (including phenoxy) is 1. The summed E-state index contributed by atoms with van der Waals surface area (Å²) in [6.07, 6.45) is 22.6. The minimum atomic E-state index is 0. The van der Waals surface area contributed by atoms with Crippen LogP contribution in [0.2, 0.25) is 0 Å². The van der Waals surface area contributed by atoms with E-state index in [0.29, 0.717) is 0 Å². The van der Waals surface area contributed by atoms with Gasteiger partial charge >= 0.3 is 0 Å². The first-order valence-corrected chi connectivity index (χ1v) is 9.88. The molecular weight excluding hydrogens is 448 g/mol. The zero-order chi connectivity index (χ0) is 20.2. The van der Waals surface area contributed by atoms with Crippen LogP contribution in [0.1, 0.15) is 12.8 Å². The summed E-state index contributed by atoms with van der Waals surface area (Å²) in [4.78, 5) is 0. The molecule has 3 nitrogen and oxygen atoms in total. The maximum Gasteiger partial charge on any atom is 0.0857 e. The Kier molecular flexibility index (Phi) is 17.8. The van der Waals surface area contributed by atoms with Gasteiger partial charge in [-0.3, -0.25) is 0 Å². The summed E-state index contributed by atoms with van der Waals surface area (Å²) in [7, 11) is 0. The second-order valence-electron chi connectivity index (χ2n) is 6.12. The predicted molar refractivity (Wildman–Crippen MR) is 120 cm³/mol. The smallest absolute Gasteiger partial charge is 0.0857 e. The SMILES string of the molecule is C1CCOC1.[CH]1[CH][CH][CH][CH]1.[CH]1[CH][CH][CH][CH]1.[Zr].c1ccc([N][N]c2ccccc2)cc1. The van der Waals surface area contributed by atoms with Gasteiger partial charge in [0.2, 0.25) is 0 Å². The van der Waals surface area contributed by atoms with Crippen molar-refractivity contribution in [1.29, 1.82) is 0 Å². The van der Waals surface area contributed by atoms with Crippen molar-refractivity contribution in [3.8, 4) is 0 Å². The van der Waals surface area contributed by atoms with Crippen LogP contribution in [0.4, 0.5) is 11.4 Å². The van der Waals surface area contributed by atoms with Crippen LogP contribution in [0.25, 0.3) is 0 Å². The Hall–Kier alpha value is -1.12. The van der Waals surface area contributed by atoms with E-state index >= 15 is 0 Å². The van der Waals surface area contributed by atoms with E-state index < -0.39 is 0 Å². The van der Waals surface area contributed by atoms with Gasteiger partial charge in [0.15, 0.2) is 0 Å². The Morgan fingerprint density at radius 2 is 0.767 bits per heavy atom. The third kappa shape index (κ3) is 14.8. The molecular formula is C26H28N2OZr. The largest absolute Gasteiger partial charge is 0.381 e. The third-order valence-corrected chi connectivity index (χ3v) is 3.73. The van der Waals surface area contributed by atoms with Gasteiger partial charge in [-0.1, -0.05) is 36.4 Å². The molecule has 0 atom stereocenters. The number of nitrogens with zero attached hydrogens (tertiary/aromatic N) is 2. The van der Waals surface area contributed by atoms with Crippen molar-refractivity contribution < 1.29 is 30.9 Å². The van der Waals surface area contributed by atoms with Crippen LogP contribution < -0.4 is 10.9 Å². The molecule has 1 heterocycles. The van der Waals surface area contributed by atoms with E-state index in [2.05, 4.69) is 10.9 Å². The quantitative estimate of drug-likeness (QED) is 0.532. The van der Waals surface area contributed by atoms with Crippen molar-refractivity contribution in [2.75, 3.05) is 13.2 Å². The molecule has 0 unspecified atom stereocenters. The molecule has 0 spiro atoms. The fraction of sp³-hybridized carbons (Fsp3) is 0.154. The van der Waals surface area contributed by atoms with Crippen LogP contribution >= 0.6 is 0 Å².